The molecule has 0 N–H and O–H groups in total. The van der Waals surface area contributed by atoms with Gasteiger partial charge in [-0.3, -0.25) is 9.98 Å². The van der Waals surface area contributed by atoms with Crippen molar-refractivity contribution in [1.82, 2.24) is 4.98 Å². The molecule has 1 aromatic heterocycles. The highest BCUT2D eigenvalue weighted by molar-refractivity contribution is 8.12. The van der Waals surface area contributed by atoms with Gasteiger partial charge in [-0.1, -0.05) is 0 Å². The van der Waals surface area contributed by atoms with E-state index in [2.05, 4.69) is 16.9 Å². The topological polar surface area (TPSA) is 25.2 Å². The average molecular weight is 186 g/mol. The first-order valence-electron chi connectivity index (χ1n) is 3.35. The van der Waals surface area contributed by atoms with Crippen molar-refractivity contribution in [3.8, 4) is 0 Å². The van der Waals surface area contributed by atoms with Gasteiger partial charge in [-0.25, -0.2) is 0 Å². The van der Waals surface area contributed by atoms with E-state index in [0.717, 1.165) is 0 Å². The predicted molar refractivity (Wildman–Crippen MR) is 52.5 cm³/mol. The summed E-state index contributed by atoms with van der Waals surface area (Å²) in [6.45, 7) is 2.12. The van der Waals surface area contributed by atoms with E-state index in [4.69, 9.17) is 0 Å². The maximum atomic E-state index is 4.07. The summed E-state index contributed by atoms with van der Waals surface area (Å²) < 4.78 is 0. The highest BCUT2D eigenvalue weighted by atomic mass is 32.2. The van der Waals surface area contributed by atoms with Crippen LogP contribution in [0.15, 0.2) is 22.1 Å². The summed E-state index contributed by atoms with van der Waals surface area (Å²) in [4.78, 5) is 7.81. The highest BCUT2D eigenvalue weighted by Crippen LogP contribution is 2.08. The molecule has 60 valence electrons. The third-order valence-electron chi connectivity index (χ3n) is 1.07. The van der Waals surface area contributed by atoms with Crippen LogP contribution in [-0.2, 0) is 0 Å². The SMILES string of the molecule is CC1CSC=N1.c1cscn1. The molecule has 0 fully saturated rings. The van der Waals surface area contributed by atoms with Crippen LogP contribution in [0.5, 0.6) is 0 Å². The largest absolute Gasteiger partial charge is 0.282 e. The van der Waals surface area contributed by atoms with Crippen LogP contribution < -0.4 is 0 Å². The van der Waals surface area contributed by atoms with E-state index in [1.807, 2.05) is 10.9 Å². The Hall–Kier alpha value is -0.350. The van der Waals surface area contributed by atoms with Crippen molar-refractivity contribution in [3.05, 3.63) is 17.1 Å². The van der Waals surface area contributed by atoms with Crippen LogP contribution in [0.4, 0.5) is 0 Å². The molecule has 0 aliphatic carbocycles. The molecular weight excluding hydrogens is 176 g/mol. The molecule has 0 radical (unpaired) electrons. The lowest BCUT2D eigenvalue weighted by molar-refractivity contribution is 0.868. The molecule has 0 saturated carbocycles. The van der Waals surface area contributed by atoms with Gasteiger partial charge >= 0.3 is 0 Å². The monoisotopic (exact) mass is 186 g/mol. The Bertz CT molecular complexity index is 179. The van der Waals surface area contributed by atoms with Crippen molar-refractivity contribution < 1.29 is 0 Å². The molecule has 1 aliphatic rings. The number of nitrogens with zero attached hydrogens (tertiary/aromatic N) is 2. The van der Waals surface area contributed by atoms with Crippen molar-refractivity contribution in [3.63, 3.8) is 0 Å². The van der Waals surface area contributed by atoms with Crippen molar-refractivity contribution >= 4 is 28.6 Å². The van der Waals surface area contributed by atoms with Crippen LogP contribution in [0.1, 0.15) is 6.92 Å². The first-order chi connectivity index (χ1) is 5.39. The van der Waals surface area contributed by atoms with Gasteiger partial charge in [0.1, 0.15) is 0 Å². The average Bonchev–Trinajstić information content (AvgIpc) is 2.57. The van der Waals surface area contributed by atoms with Crippen LogP contribution >= 0.6 is 23.1 Å². The van der Waals surface area contributed by atoms with Gasteiger partial charge < -0.3 is 0 Å². The predicted octanol–water partition coefficient (Wildman–Crippen LogP) is 2.29. The normalized spacial score (nSPS) is 21.0. The summed E-state index contributed by atoms with van der Waals surface area (Å²) in [5, 5.41) is 1.93. The smallest absolute Gasteiger partial charge is 0.0791 e. The van der Waals surface area contributed by atoms with Crippen LogP contribution in [0.25, 0.3) is 0 Å². The van der Waals surface area contributed by atoms with Gasteiger partial charge in [0.25, 0.3) is 0 Å². The fourth-order valence-corrected chi connectivity index (χ4v) is 1.64. The Kier molecular flexibility index (Phi) is 4.23. The first-order valence-corrected chi connectivity index (χ1v) is 5.34. The van der Waals surface area contributed by atoms with Gasteiger partial charge in [0.15, 0.2) is 0 Å². The molecule has 2 rings (SSSR count). The van der Waals surface area contributed by atoms with Gasteiger partial charge in [0.2, 0.25) is 0 Å². The Morgan fingerprint density at radius 3 is 2.64 bits per heavy atom. The van der Waals surface area contributed by atoms with Gasteiger partial charge in [-0.2, -0.15) is 0 Å². The van der Waals surface area contributed by atoms with E-state index in [-0.39, 0.29) is 0 Å². The van der Waals surface area contributed by atoms with Crippen LogP contribution in [0, 0.1) is 0 Å². The summed E-state index contributed by atoms with van der Waals surface area (Å²) in [6, 6.07) is 0.579. The van der Waals surface area contributed by atoms with Crippen molar-refractivity contribution in [2.24, 2.45) is 4.99 Å². The minimum absolute atomic E-state index is 0.579. The molecule has 2 heterocycles. The number of aromatic nitrogens is 1. The molecule has 1 atom stereocenters. The number of thioether (sulfide) groups is 1. The first kappa shape index (κ1) is 8.74. The third kappa shape index (κ3) is 4.16. The summed E-state index contributed by atoms with van der Waals surface area (Å²) in [7, 11) is 0. The van der Waals surface area contributed by atoms with Crippen molar-refractivity contribution in [2.75, 3.05) is 5.75 Å². The van der Waals surface area contributed by atoms with E-state index >= 15 is 0 Å². The standard InChI is InChI=1S/C4H7NS.C3H3NS/c1-4-2-6-3-5-4;1-2-5-3-4-1/h3-4H,2H2,1H3;1-3H. The molecule has 0 aromatic carbocycles. The molecule has 1 unspecified atom stereocenters. The van der Waals surface area contributed by atoms with Gasteiger partial charge in [0.05, 0.1) is 17.1 Å². The number of hydrogen-bond donors (Lipinski definition) is 0. The molecule has 0 bridgehead atoms. The second-order valence-corrected chi connectivity index (χ2v) is 3.75. The zero-order chi connectivity index (χ0) is 7.94. The number of thiazole rings is 1. The molecule has 0 saturated heterocycles. The van der Waals surface area contributed by atoms with E-state index in [0.29, 0.717) is 6.04 Å². The molecular formula is C7H10N2S2. The fourth-order valence-electron chi connectivity index (χ4n) is 0.548. The van der Waals surface area contributed by atoms with Crippen LogP contribution in [0.2, 0.25) is 0 Å². The van der Waals surface area contributed by atoms with Crippen LogP contribution in [-0.4, -0.2) is 22.3 Å². The second kappa shape index (κ2) is 5.32. The van der Waals surface area contributed by atoms with Crippen molar-refractivity contribution in [1.29, 1.82) is 0 Å². The van der Waals surface area contributed by atoms with E-state index in [1.54, 1.807) is 34.8 Å². The summed E-state index contributed by atoms with van der Waals surface area (Å²) in [5.74, 6) is 1.18. The molecule has 1 aliphatic heterocycles. The zero-order valence-corrected chi connectivity index (χ0v) is 7.94. The van der Waals surface area contributed by atoms with Crippen LogP contribution in [0.3, 0.4) is 0 Å². The lowest BCUT2D eigenvalue weighted by Crippen LogP contribution is -1.92. The van der Waals surface area contributed by atoms with Gasteiger partial charge in [-0.15, -0.1) is 23.1 Å². The minimum atomic E-state index is 0.579. The Morgan fingerprint density at radius 2 is 2.45 bits per heavy atom. The van der Waals surface area contributed by atoms with E-state index < -0.39 is 0 Å². The number of rotatable bonds is 0. The number of hydrogen-bond acceptors (Lipinski definition) is 4. The van der Waals surface area contributed by atoms with E-state index in [1.165, 1.54) is 5.75 Å². The molecule has 4 heteroatoms. The molecule has 0 spiro atoms. The summed E-state index contributed by atoms with van der Waals surface area (Å²) in [5.41, 5.74) is 3.71. The lowest BCUT2D eigenvalue weighted by atomic mass is 10.4. The van der Waals surface area contributed by atoms with Gasteiger partial charge in [0, 0.05) is 17.3 Å². The third-order valence-corrected chi connectivity index (χ3v) is 2.54. The quantitative estimate of drug-likeness (QED) is 0.621. The van der Waals surface area contributed by atoms with Crippen molar-refractivity contribution in [2.45, 2.75) is 13.0 Å². The molecule has 2 nitrogen and oxygen atoms in total. The number of aliphatic imine (C=N–C) groups is 1. The summed E-state index contributed by atoms with van der Waals surface area (Å²) >= 11 is 3.39. The lowest BCUT2D eigenvalue weighted by Gasteiger charge is -1.87. The van der Waals surface area contributed by atoms with Gasteiger partial charge in [-0.05, 0) is 6.92 Å². The molecule has 11 heavy (non-hydrogen) atoms. The minimum Gasteiger partial charge on any atom is -0.282 e. The Labute approximate surface area is 74.8 Å². The highest BCUT2D eigenvalue weighted by Gasteiger charge is 2.00. The second-order valence-electron chi connectivity index (χ2n) is 2.11. The Balaban J connectivity index is 0.000000112. The maximum Gasteiger partial charge on any atom is 0.0791 e. The zero-order valence-electron chi connectivity index (χ0n) is 6.30. The molecule has 0 amide bonds. The van der Waals surface area contributed by atoms with E-state index in [9.17, 15) is 0 Å². The summed E-state index contributed by atoms with van der Waals surface area (Å²) in [6.07, 6.45) is 1.77. The Morgan fingerprint density at radius 1 is 1.55 bits per heavy atom. The molecule has 1 aromatic rings. The fraction of sp³-hybridized carbons (Fsp3) is 0.429. The maximum absolute atomic E-state index is 4.07.